The predicted octanol–water partition coefficient (Wildman–Crippen LogP) is 7.48. The Bertz CT molecular complexity index is 1410. The minimum Gasteiger partial charge on any atom is -0.469 e. The highest BCUT2D eigenvalue weighted by molar-refractivity contribution is 6.24. The number of benzene rings is 4. The van der Waals surface area contributed by atoms with Crippen LogP contribution < -0.4 is 0 Å². The van der Waals surface area contributed by atoms with Crippen molar-refractivity contribution in [1.82, 2.24) is 0 Å². The van der Waals surface area contributed by atoms with Crippen LogP contribution in [-0.2, 0) is 19.1 Å². The van der Waals surface area contributed by atoms with Gasteiger partial charge in [-0.15, -0.1) is 0 Å². The van der Waals surface area contributed by atoms with E-state index in [1.165, 1.54) is 63.4 Å². The molecule has 4 atom stereocenters. The Morgan fingerprint density at radius 2 is 1.33 bits per heavy atom. The van der Waals surface area contributed by atoms with Crippen LogP contribution in [0.15, 0.2) is 48.5 Å². The molecule has 2 aliphatic carbocycles. The van der Waals surface area contributed by atoms with E-state index in [9.17, 15) is 9.59 Å². The molecule has 6 rings (SSSR count). The van der Waals surface area contributed by atoms with E-state index in [2.05, 4.69) is 48.5 Å². The van der Waals surface area contributed by atoms with Gasteiger partial charge in [0.25, 0.3) is 6.47 Å². The van der Waals surface area contributed by atoms with Crippen molar-refractivity contribution in [2.24, 2.45) is 11.8 Å². The number of carbonyl (C=O) groups is 2. The molecular weight excluding hydrogens is 448 g/mol. The number of hydrogen-bond donors (Lipinski definition) is 0. The van der Waals surface area contributed by atoms with Crippen LogP contribution >= 0.6 is 0 Å². The Kier molecular flexibility index (Phi) is 6.29. The summed E-state index contributed by atoms with van der Waals surface area (Å²) in [5.41, 5.74) is 2.67. The SMILES string of the molecule is COC(=O)C1CCCCC1c1ccc2ccc3c(C4CCCCC4COC=O)ccc4ccc1c2c43. The zero-order valence-corrected chi connectivity index (χ0v) is 21.0. The third-order valence-electron chi connectivity index (χ3n) is 9.09. The highest BCUT2D eigenvalue weighted by Gasteiger charge is 2.34. The first kappa shape index (κ1) is 23.3. The highest BCUT2D eigenvalue weighted by atomic mass is 16.5. The first-order valence-corrected chi connectivity index (χ1v) is 13.5. The molecule has 4 aromatic carbocycles. The molecule has 0 amide bonds. The number of ether oxygens (including phenoxy) is 2. The maximum Gasteiger partial charge on any atom is 0.309 e. The number of hydrogen-bond acceptors (Lipinski definition) is 4. The quantitative estimate of drug-likeness (QED) is 0.162. The van der Waals surface area contributed by atoms with Gasteiger partial charge in [-0.3, -0.25) is 9.59 Å². The average molecular weight is 483 g/mol. The summed E-state index contributed by atoms with van der Waals surface area (Å²) in [6, 6.07) is 18.1. The summed E-state index contributed by atoms with van der Waals surface area (Å²) in [7, 11) is 1.51. The van der Waals surface area contributed by atoms with E-state index in [-0.39, 0.29) is 17.8 Å². The van der Waals surface area contributed by atoms with Crippen molar-refractivity contribution in [3.05, 3.63) is 59.7 Å². The molecule has 0 heterocycles. The predicted molar refractivity (Wildman–Crippen MR) is 144 cm³/mol. The van der Waals surface area contributed by atoms with Gasteiger partial charge in [-0.25, -0.2) is 0 Å². The molecule has 4 aromatic rings. The molecule has 2 aliphatic rings. The Labute approximate surface area is 212 Å². The molecule has 186 valence electrons. The van der Waals surface area contributed by atoms with Crippen LogP contribution in [0.1, 0.15) is 74.3 Å². The van der Waals surface area contributed by atoms with Gasteiger partial charge in [0, 0.05) is 0 Å². The fraction of sp³-hybridized carbons (Fsp3) is 0.438. The number of rotatable bonds is 6. The van der Waals surface area contributed by atoms with Gasteiger partial charge in [0.2, 0.25) is 0 Å². The number of esters is 1. The van der Waals surface area contributed by atoms with Gasteiger partial charge >= 0.3 is 5.97 Å². The standard InChI is InChI=1S/C32H34O4/c1-35-32(34)29-9-5-4-8-24(29)26-15-11-21-12-16-27-25(23-7-3-2-6-22(23)18-36-19-33)14-10-20-13-17-28(26)31(21)30(20)27/h10-17,19,22-24,29H,2-9,18H2,1H3. The minimum absolute atomic E-state index is 0.0707. The monoisotopic (exact) mass is 482 g/mol. The van der Waals surface area contributed by atoms with Gasteiger partial charge in [0.1, 0.15) is 0 Å². The van der Waals surface area contributed by atoms with Crippen molar-refractivity contribution in [3.63, 3.8) is 0 Å². The maximum absolute atomic E-state index is 12.7. The third kappa shape index (κ3) is 3.82. The average Bonchev–Trinajstić information content (AvgIpc) is 2.94. The highest BCUT2D eigenvalue weighted by Crippen LogP contribution is 2.47. The summed E-state index contributed by atoms with van der Waals surface area (Å²) in [5.74, 6) is 0.802. The van der Waals surface area contributed by atoms with E-state index in [1.54, 1.807) is 0 Å². The summed E-state index contributed by atoms with van der Waals surface area (Å²) in [4.78, 5) is 23.6. The van der Waals surface area contributed by atoms with E-state index in [0.29, 0.717) is 24.9 Å². The Balaban J connectivity index is 1.53. The molecule has 0 aromatic heterocycles. The normalized spacial score (nSPS) is 24.8. The molecule has 0 radical (unpaired) electrons. The summed E-state index contributed by atoms with van der Waals surface area (Å²) in [6.45, 7) is 1.08. The zero-order chi connectivity index (χ0) is 24.6. The van der Waals surface area contributed by atoms with E-state index >= 15 is 0 Å². The number of methoxy groups -OCH3 is 1. The van der Waals surface area contributed by atoms with Gasteiger partial charge in [0.05, 0.1) is 19.6 Å². The van der Waals surface area contributed by atoms with E-state index in [1.807, 2.05) is 0 Å². The molecule has 4 nitrogen and oxygen atoms in total. The van der Waals surface area contributed by atoms with Crippen molar-refractivity contribution >= 4 is 44.8 Å². The van der Waals surface area contributed by atoms with Gasteiger partial charge in [-0.05, 0) is 86.9 Å². The van der Waals surface area contributed by atoms with Crippen molar-refractivity contribution in [2.75, 3.05) is 13.7 Å². The van der Waals surface area contributed by atoms with Crippen molar-refractivity contribution in [2.45, 2.75) is 63.2 Å². The van der Waals surface area contributed by atoms with Gasteiger partial charge < -0.3 is 9.47 Å². The molecule has 36 heavy (non-hydrogen) atoms. The Hall–Kier alpha value is -3.14. The zero-order valence-electron chi connectivity index (χ0n) is 21.0. The lowest BCUT2D eigenvalue weighted by molar-refractivity contribution is -0.147. The largest absolute Gasteiger partial charge is 0.469 e. The second-order valence-corrected chi connectivity index (χ2v) is 10.8. The van der Waals surface area contributed by atoms with E-state index in [0.717, 1.165) is 38.5 Å². The molecular formula is C32H34O4. The van der Waals surface area contributed by atoms with Gasteiger partial charge in [-0.1, -0.05) is 74.2 Å². The molecule has 4 heteroatoms. The number of carbonyl (C=O) groups excluding carboxylic acids is 2. The molecule has 0 aliphatic heterocycles. The van der Waals surface area contributed by atoms with Crippen LogP contribution in [0.25, 0.3) is 32.3 Å². The first-order valence-electron chi connectivity index (χ1n) is 13.5. The molecule has 2 fully saturated rings. The molecule has 0 spiro atoms. The smallest absolute Gasteiger partial charge is 0.309 e. The van der Waals surface area contributed by atoms with Crippen LogP contribution in [0.2, 0.25) is 0 Å². The third-order valence-corrected chi connectivity index (χ3v) is 9.09. The van der Waals surface area contributed by atoms with E-state index in [4.69, 9.17) is 9.47 Å². The summed E-state index contributed by atoms with van der Waals surface area (Å²) >= 11 is 0. The van der Waals surface area contributed by atoms with Gasteiger partial charge in [-0.2, -0.15) is 0 Å². The first-order chi connectivity index (χ1) is 17.7. The lowest BCUT2D eigenvalue weighted by atomic mass is 9.72. The Morgan fingerprint density at radius 1 is 0.778 bits per heavy atom. The van der Waals surface area contributed by atoms with Crippen molar-refractivity contribution < 1.29 is 19.1 Å². The second-order valence-electron chi connectivity index (χ2n) is 10.8. The second kappa shape index (κ2) is 9.72. The van der Waals surface area contributed by atoms with Crippen LogP contribution in [0.4, 0.5) is 0 Å². The van der Waals surface area contributed by atoms with Crippen molar-refractivity contribution in [3.8, 4) is 0 Å². The fourth-order valence-corrected chi connectivity index (χ4v) is 7.41. The molecule has 2 saturated carbocycles. The fourth-order valence-electron chi connectivity index (χ4n) is 7.41. The van der Waals surface area contributed by atoms with Crippen LogP contribution in [-0.4, -0.2) is 26.2 Å². The molecule has 0 N–H and O–H groups in total. The maximum atomic E-state index is 12.7. The van der Waals surface area contributed by atoms with Gasteiger partial charge in [0.15, 0.2) is 0 Å². The summed E-state index contributed by atoms with van der Waals surface area (Å²) in [5, 5.41) is 7.74. The van der Waals surface area contributed by atoms with Crippen LogP contribution in [0, 0.1) is 11.8 Å². The van der Waals surface area contributed by atoms with Crippen molar-refractivity contribution in [1.29, 1.82) is 0 Å². The van der Waals surface area contributed by atoms with E-state index < -0.39 is 0 Å². The topological polar surface area (TPSA) is 52.6 Å². The summed E-state index contributed by atoms with van der Waals surface area (Å²) < 4.78 is 10.5. The molecule has 0 saturated heterocycles. The summed E-state index contributed by atoms with van der Waals surface area (Å²) in [6.07, 6.45) is 8.79. The molecule has 4 unspecified atom stereocenters. The Morgan fingerprint density at radius 3 is 1.97 bits per heavy atom. The molecule has 0 bridgehead atoms. The minimum atomic E-state index is -0.0754. The lowest BCUT2D eigenvalue weighted by Gasteiger charge is -2.33. The van der Waals surface area contributed by atoms with Crippen LogP contribution in [0.3, 0.4) is 0 Å². The lowest BCUT2D eigenvalue weighted by Crippen LogP contribution is -2.27. The van der Waals surface area contributed by atoms with Crippen LogP contribution in [0.5, 0.6) is 0 Å².